The number of likely N-dealkylation sites (tertiary alicyclic amines) is 1. The first-order valence-corrected chi connectivity index (χ1v) is 11.3. The van der Waals surface area contributed by atoms with Gasteiger partial charge >= 0.3 is 0 Å². The summed E-state index contributed by atoms with van der Waals surface area (Å²) in [7, 11) is 1.74. The SMILES string of the molecule is Cc1cc([C@H](C(=O)N2C[C@H](O)C[C@H]2C(=O)NOc2ccc(-c3ccnn3C)cc2F)C(C)C)on1. The number of carbonyl (C=O) groups is 2. The molecule has 4 rings (SSSR count). The lowest BCUT2D eigenvalue weighted by atomic mass is 9.91. The van der Waals surface area contributed by atoms with Gasteiger partial charge in [0.2, 0.25) is 5.91 Å². The highest BCUT2D eigenvalue weighted by molar-refractivity contribution is 5.91. The predicted molar refractivity (Wildman–Crippen MR) is 122 cm³/mol. The van der Waals surface area contributed by atoms with E-state index in [9.17, 15) is 19.1 Å². The summed E-state index contributed by atoms with van der Waals surface area (Å²) < 4.78 is 21.6. The summed E-state index contributed by atoms with van der Waals surface area (Å²) in [5.74, 6) is -2.30. The minimum atomic E-state index is -0.987. The van der Waals surface area contributed by atoms with Crippen LogP contribution in [0.5, 0.6) is 5.75 Å². The second kappa shape index (κ2) is 9.87. The van der Waals surface area contributed by atoms with Crippen LogP contribution in [0, 0.1) is 18.7 Å². The second-order valence-corrected chi connectivity index (χ2v) is 9.04. The Hall–Kier alpha value is -3.73. The van der Waals surface area contributed by atoms with E-state index < -0.39 is 29.8 Å². The second-order valence-electron chi connectivity index (χ2n) is 9.04. The van der Waals surface area contributed by atoms with E-state index in [2.05, 4.69) is 15.7 Å². The van der Waals surface area contributed by atoms with E-state index in [-0.39, 0.29) is 30.5 Å². The molecule has 0 spiro atoms. The molecule has 0 bridgehead atoms. The van der Waals surface area contributed by atoms with Crippen molar-refractivity contribution in [3.8, 4) is 17.0 Å². The maximum atomic E-state index is 14.6. The maximum absolute atomic E-state index is 14.6. The lowest BCUT2D eigenvalue weighted by Crippen LogP contribution is -2.48. The molecule has 2 N–H and O–H groups in total. The van der Waals surface area contributed by atoms with Gasteiger partial charge in [-0.15, -0.1) is 0 Å². The first kappa shape index (κ1) is 24.4. The van der Waals surface area contributed by atoms with Crippen molar-refractivity contribution in [3.63, 3.8) is 0 Å². The summed E-state index contributed by atoms with van der Waals surface area (Å²) in [5.41, 5.74) is 4.18. The smallest absolute Gasteiger partial charge is 0.275 e. The molecule has 1 aliphatic heterocycles. The van der Waals surface area contributed by atoms with Crippen LogP contribution in [0.25, 0.3) is 11.3 Å². The van der Waals surface area contributed by atoms with Gasteiger partial charge in [0.05, 0.1) is 17.5 Å². The highest BCUT2D eigenvalue weighted by Crippen LogP contribution is 2.31. The third kappa shape index (κ3) is 5.04. The average Bonchev–Trinajstić information content (AvgIpc) is 3.52. The molecule has 0 saturated carbocycles. The molecular weight excluding hydrogens is 457 g/mol. The van der Waals surface area contributed by atoms with Crippen LogP contribution >= 0.6 is 0 Å². The normalized spacial score (nSPS) is 18.7. The Balaban J connectivity index is 1.46. The summed E-state index contributed by atoms with van der Waals surface area (Å²) in [5, 5.41) is 18.1. The fourth-order valence-electron chi connectivity index (χ4n) is 4.32. The van der Waals surface area contributed by atoms with Crippen molar-refractivity contribution in [3.05, 3.63) is 53.8 Å². The number of rotatable bonds is 7. The van der Waals surface area contributed by atoms with E-state index in [4.69, 9.17) is 9.36 Å². The van der Waals surface area contributed by atoms with Gasteiger partial charge < -0.3 is 19.4 Å². The van der Waals surface area contributed by atoms with Gasteiger partial charge in [-0.2, -0.15) is 10.6 Å². The summed E-state index contributed by atoms with van der Waals surface area (Å²) in [4.78, 5) is 32.9. The van der Waals surface area contributed by atoms with Crippen LogP contribution in [-0.2, 0) is 16.6 Å². The first-order valence-electron chi connectivity index (χ1n) is 11.3. The zero-order valence-electron chi connectivity index (χ0n) is 19.9. The van der Waals surface area contributed by atoms with E-state index in [0.29, 0.717) is 17.0 Å². The van der Waals surface area contributed by atoms with Gasteiger partial charge in [-0.25, -0.2) is 4.39 Å². The number of aliphatic hydroxyl groups excluding tert-OH is 1. The van der Waals surface area contributed by atoms with E-state index in [1.807, 2.05) is 13.8 Å². The molecule has 3 aromatic rings. The van der Waals surface area contributed by atoms with E-state index >= 15 is 0 Å². The number of halogens is 1. The minimum absolute atomic E-state index is 0.0129. The molecule has 0 unspecified atom stereocenters. The van der Waals surface area contributed by atoms with Crippen molar-refractivity contribution in [2.24, 2.45) is 13.0 Å². The number of aliphatic hydroxyl groups is 1. The summed E-state index contributed by atoms with van der Waals surface area (Å²) in [6.45, 7) is 5.47. The van der Waals surface area contributed by atoms with Crippen molar-refractivity contribution >= 4 is 11.8 Å². The third-order valence-electron chi connectivity index (χ3n) is 6.06. The number of β-amino-alcohol motifs (C(OH)–C–C–N with tert-alkyl or cyclic N) is 1. The minimum Gasteiger partial charge on any atom is -0.391 e. The number of aryl methyl sites for hydroxylation is 2. The number of nitrogens with one attached hydrogen (secondary N) is 1. The number of nitrogens with zero attached hydrogens (tertiary/aromatic N) is 4. The van der Waals surface area contributed by atoms with Gasteiger partial charge in [0.25, 0.3) is 5.91 Å². The van der Waals surface area contributed by atoms with Crippen molar-refractivity contribution in [2.45, 2.75) is 45.3 Å². The molecule has 1 fully saturated rings. The van der Waals surface area contributed by atoms with Crippen molar-refractivity contribution in [1.29, 1.82) is 0 Å². The van der Waals surface area contributed by atoms with E-state index in [1.54, 1.807) is 43.0 Å². The predicted octanol–water partition coefficient (Wildman–Crippen LogP) is 2.33. The maximum Gasteiger partial charge on any atom is 0.275 e. The largest absolute Gasteiger partial charge is 0.391 e. The van der Waals surface area contributed by atoms with E-state index in [0.717, 1.165) is 5.69 Å². The summed E-state index contributed by atoms with van der Waals surface area (Å²) in [6, 6.07) is 6.76. The molecule has 0 aliphatic carbocycles. The van der Waals surface area contributed by atoms with Crippen molar-refractivity contribution < 1.29 is 28.4 Å². The van der Waals surface area contributed by atoms with Crippen LogP contribution in [0.4, 0.5) is 4.39 Å². The lowest BCUT2D eigenvalue weighted by Gasteiger charge is -2.28. The van der Waals surface area contributed by atoms with E-state index in [1.165, 1.54) is 17.0 Å². The molecule has 3 heterocycles. The quantitative estimate of drug-likeness (QED) is 0.493. The van der Waals surface area contributed by atoms with Crippen LogP contribution in [-0.4, -0.2) is 55.4 Å². The van der Waals surface area contributed by atoms with Crippen LogP contribution in [0.15, 0.2) is 41.1 Å². The van der Waals surface area contributed by atoms with Gasteiger partial charge in [-0.05, 0) is 37.1 Å². The Labute approximate surface area is 201 Å². The van der Waals surface area contributed by atoms with Gasteiger partial charge in [0.15, 0.2) is 11.6 Å². The number of carbonyl (C=O) groups excluding carboxylic acids is 2. The van der Waals surface area contributed by atoms with Gasteiger partial charge in [0, 0.05) is 37.8 Å². The molecule has 11 heteroatoms. The molecule has 35 heavy (non-hydrogen) atoms. The lowest BCUT2D eigenvalue weighted by molar-refractivity contribution is -0.143. The average molecular weight is 486 g/mol. The standard InChI is InChI=1S/C24H28FN5O5/c1-13(2)22(21-9-14(3)27-35-21)24(33)30-12-16(31)11-19(30)23(32)28-34-20-6-5-15(10-17(20)25)18-7-8-26-29(18)4/h5-10,13,16,19,22,31H,11-12H2,1-4H3,(H,28,32)/t16-,19+,22-/m1/s1. The molecular formula is C24H28FN5O5. The van der Waals surface area contributed by atoms with Crippen molar-refractivity contribution in [2.75, 3.05) is 6.54 Å². The Kier molecular flexibility index (Phi) is 6.88. The molecule has 10 nitrogen and oxygen atoms in total. The fourth-order valence-corrected chi connectivity index (χ4v) is 4.32. The molecule has 2 aromatic heterocycles. The Bertz CT molecular complexity index is 1220. The molecule has 1 aliphatic rings. The van der Waals surface area contributed by atoms with Gasteiger partial charge in [-0.1, -0.05) is 19.0 Å². The van der Waals surface area contributed by atoms with Crippen LogP contribution in [0.2, 0.25) is 0 Å². The molecule has 1 saturated heterocycles. The first-order chi connectivity index (χ1) is 16.7. The molecule has 0 radical (unpaired) electrons. The highest BCUT2D eigenvalue weighted by atomic mass is 19.1. The van der Waals surface area contributed by atoms with Crippen LogP contribution in [0.1, 0.15) is 37.6 Å². The molecule has 1 aromatic carbocycles. The number of hydrogen-bond acceptors (Lipinski definition) is 7. The number of amides is 2. The fraction of sp³-hybridized carbons (Fsp3) is 0.417. The Morgan fingerprint density at radius 3 is 2.66 bits per heavy atom. The topological polar surface area (TPSA) is 123 Å². The summed E-state index contributed by atoms with van der Waals surface area (Å²) >= 11 is 0. The zero-order chi connectivity index (χ0) is 25.3. The highest BCUT2D eigenvalue weighted by Gasteiger charge is 2.43. The van der Waals surface area contributed by atoms with Gasteiger partial charge in [-0.3, -0.25) is 14.3 Å². The van der Waals surface area contributed by atoms with Crippen LogP contribution < -0.4 is 10.3 Å². The number of benzene rings is 1. The number of aromatic nitrogens is 3. The van der Waals surface area contributed by atoms with Crippen LogP contribution in [0.3, 0.4) is 0 Å². The molecule has 3 atom stereocenters. The number of hydrogen-bond donors (Lipinski definition) is 2. The monoisotopic (exact) mass is 485 g/mol. The summed E-state index contributed by atoms with van der Waals surface area (Å²) in [6.07, 6.45) is 0.756. The molecule has 2 amide bonds. The third-order valence-corrected chi connectivity index (χ3v) is 6.06. The van der Waals surface area contributed by atoms with Gasteiger partial charge in [0.1, 0.15) is 17.7 Å². The van der Waals surface area contributed by atoms with Crippen molar-refractivity contribution in [1.82, 2.24) is 25.3 Å². The number of hydroxylamine groups is 1. The Morgan fingerprint density at radius 2 is 2.06 bits per heavy atom. The Morgan fingerprint density at radius 1 is 1.29 bits per heavy atom. The zero-order valence-corrected chi connectivity index (χ0v) is 19.9. The molecule has 186 valence electrons.